The van der Waals surface area contributed by atoms with Crippen molar-refractivity contribution in [3.63, 3.8) is 0 Å². The van der Waals surface area contributed by atoms with E-state index in [0.717, 1.165) is 12.8 Å². The molecule has 18 heavy (non-hydrogen) atoms. The Hall–Kier alpha value is -1.51. The van der Waals surface area contributed by atoms with E-state index >= 15 is 0 Å². The molecule has 0 aliphatic heterocycles. The van der Waals surface area contributed by atoms with Crippen molar-refractivity contribution in [2.45, 2.75) is 39.7 Å². The lowest BCUT2D eigenvalue weighted by Crippen LogP contribution is -2.37. The maximum absolute atomic E-state index is 11.3. The van der Waals surface area contributed by atoms with Gasteiger partial charge in [0, 0.05) is 6.04 Å². The Morgan fingerprint density at radius 2 is 2.00 bits per heavy atom. The fourth-order valence-electron chi connectivity index (χ4n) is 2.09. The number of benzene rings is 1. The molecule has 0 spiro atoms. The van der Waals surface area contributed by atoms with E-state index in [0.29, 0.717) is 5.92 Å². The molecule has 0 fully saturated rings. The van der Waals surface area contributed by atoms with Crippen LogP contribution in [0.25, 0.3) is 0 Å². The summed E-state index contributed by atoms with van der Waals surface area (Å²) in [6.07, 6.45) is 1.44. The Bertz CT molecular complexity index is 388. The van der Waals surface area contributed by atoms with E-state index in [4.69, 9.17) is 0 Å². The molecule has 1 rings (SSSR count). The fourth-order valence-corrected chi connectivity index (χ4v) is 2.09. The van der Waals surface area contributed by atoms with Crippen LogP contribution in [0.15, 0.2) is 24.3 Å². The van der Waals surface area contributed by atoms with Gasteiger partial charge < -0.3 is 10.1 Å². The van der Waals surface area contributed by atoms with Gasteiger partial charge in [0.05, 0.1) is 7.11 Å². The van der Waals surface area contributed by atoms with Crippen LogP contribution in [0, 0.1) is 12.8 Å². The van der Waals surface area contributed by atoms with Crippen LogP contribution in [-0.2, 0) is 11.2 Å². The SMILES string of the molecule is COC(=O)NC(Cc1ccccc1C)CC(C)C. The monoisotopic (exact) mass is 249 g/mol. The molecule has 1 atom stereocenters. The summed E-state index contributed by atoms with van der Waals surface area (Å²) in [5.41, 5.74) is 2.54. The van der Waals surface area contributed by atoms with Crippen molar-refractivity contribution in [1.29, 1.82) is 0 Å². The maximum Gasteiger partial charge on any atom is 0.407 e. The van der Waals surface area contributed by atoms with E-state index < -0.39 is 0 Å². The van der Waals surface area contributed by atoms with Crippen LogP contribution in [0.5, 0.6) is 0 Å². The summed E-state index contributed by atoms with van der Waals surface area (Å²) in [5.74, 6) is 0.538. The smallest absolute Gasteiger partial charge is 0.407 e. The number of carbonyl (C=O) groups excluding carboxylic acids is 1. The van der Waals surface area contributed by atoms with Crippen molar-refractivity contribution >= 4 is 6.09 Å². The topological polar surface area (TPSA) is 38.3 Å². The minimum atomic E-state index is -0.353. The molecule has 0 bridgehead atoms. The Balaban J connectivity index is 2.71. The van der Waals surface area contributed by atoms with Gasteiger partial charge in [-0.25, -0.2) is 4.79 Å². The van der Waals surface area contributed by atoms with Crippen molar-refractivity contribution in [2.75, 3.05) is 7.11 Å². The highest BCUT2D eigenvalue weighted by Crippen LogP contribution is 2.14. The number of methoxy groups -OCH3 is 1. The molecule has 3 nitrogen and oxygen atoms in total. The van der Waals surface area contributed by atoms with Gasteiger partial charge in [-0.1, -0.05) is 38.1 Å². The lowest BCUT2D eigenvalue weighted by molar-refractivity contribution is 0.165. The third kappa shape index (κ3) is 4.78. The van der Waals surface area contributed by atoms with Crippen molar-refractivity contribution in [2.24, 2.45) is 5.92 Å². The van der Waals surface area contributed by atoms with Crippen LogP contribution in [0.3, 0.4) is 0 Å². The van der Waals surface area contributed by atoms with Crippen molar-refractivity contribution < 1.29 is 9.53 Å². The zero-order valence-corrected chi connectivity index (χ0v) is 11.7. The molecule has 1 N–H and O–H groups in total. The molecule has 3 heteroatoms. The molecular formula is C15H23NO2. The van der Waals surface area contributed by atoms with Gasteiger partial charge in [0.25, 0.3) is 0 Å². The van der Waals surface area contributed by atoms with Gasteiger partial charge in [-0.2, -0.15) is 0 Å². The molecule has 0 saturated heterocycles. The molecule has 0 aromatic heterocycles. The lowest BCUT2D eigenvalue weighted by Gasteiger charge is -2.20. The second kappa shape index (κ2) is 7.04. The molecule has 1 aromatic carbocycles. The maximum atomic E-state index is 11.3. The summed E-state index contributed by atoms with van der Waals surface area (Å²) < 4.78 is 4.68. The van der Waals surface area contributed by atoms with Gasteiger partial charge in [-0.15, -0.1) is 0 Å². The number of ether oxygens (including phenoxy) is 1. The quantitative estimate of drug-likeness (QED) is 0.869. The van der Waals surface area contributed by atoms with Crippen molar-refractivity contribution in [3.8, 4) is 0 Å². The lowest BCUT2D eigenvalue weighted by atomic mass is 9.95. The standard InChI is InChI=1S/C15H23NO2/c1-11(2)9-14(16-15(17)18-4)10-13-8-6-5-7-12(13)3/h5-8,11,14H,9-10H2,1-4H3,(H,16,17). The first-order chi connectivity index (χ1) is 8.52. The molecule has 0 aliphatic rings. The van der Waals surface area contributed by atoms with E-state index in [2.05, 4.69) is 43.0 Å². The van der Waals surface area contributed by atoms with Gasteiger partial charge in [-0.05, 0) is 36.8 Å². The Kier molecular flexibility index (Phi) is 5.69. The van der Waals surface area contributed by atoms with E-state index in [1.54, 1.807) is 0 Å². The van der Waals surface area contributed by atoms with Crippen LogP contribution in [0.4, 0.5) is 4.79 Å². The molecular weight excluding hydrogens is 226 g/mol. The predicted octanol–water partition coefficient (Wildman–Crippen LogP) is 3.31. The number of aryl methyl sites for hydroxylation is 1. The largest absolute Gasteiger partial charge is 0.453 e. The second-order valence-corrected chi connectivity index (χ2v) is 5.09. The van der Waals surface area contributed by atoms with E-state index in [1.807, 2.05) is 12.1 Å². The average molecular weight is 249 g/mol. The van der Waals surface area contributed by atoms with Crippen LogP contribution in [-0.4, -0.2) is 19.2 Å². The van der Waals surface area contributed by atoms with Crippen LogP contribution in [0.1, 0.15) is 31.4 Å². The fraction of sp³-hybridized carbons (Fsp3) is 0.533. The van der Waals surface area contributed by atoms with E-state index in [-0.39, 0.29) is 12.1 Å². The number of rotatable bonds is 5. The number of alkyl carbamates (subject to hydrolysis) is 1. The zero-order valence-electron chi connectivity index (χ0n) is 11.7. The summed E-state index contributed by atoms with van der Waals surface area (Å²) in [7, 11) is 1.40. The van der Waals surface area contributed by atoms with Crippen LogP contribution in [0.2, 0.25) is 0 Å². The van der Waals surface area contributed by atoms with Crippen molar-refractivity contribution in [3.05, 3.63) is 35.4 Å². The summed E-state index contributed by atoms with van der Waals surface area (Å²) in [4.78, 5) is 11.3. The summed E-state index contributed by atoms with van der Waals surface area (Å²) in [5, 5.41) is 2.91. The highest BCUT2D eigenvalue weighted by atomic mass is 16.5. The van der Waals surface area contributed by atoms with Gasteiger partial charge in [0.15, 0.2) is 0 Å². The zero-order chi connectivity index (χ0) is 13.5. The van der Waals surface area contributed by atoms with Crippen LogP contribution >= 0.6 is 0 Å². The highest BCUT2D eigenvalue weighted by molar-refractivity contribution is 5.67. The van der Waals surface area contributed by atoms with Crippen LogP contribution < -0.4 is 5.32 Å². The normalized spacial score (nSPS) is 12.3. The molecule has 0 aliphatic carbocycles. The minimum Gasteiger partial charge on any atom is -0.453 e. The summed E-state index contributed by atoms with van der Waals surface area (Å²) in [6.45, 7) is 6.41. The Morgan fingerprint density at radius 1 is 1.33 bits per heavy atom. The number of hydrogen-bond donors (Lipinski definition) is 1. The molecule has 1 amide bonds. The predicted molar refractivity (Wildman–Crippen MR) is 73.7 cm³/mol. The third-order valence-corrected chi connectivity index (χ3v) is 2.99. The van der Waals surface area contributed by atoms with Crippen molar-refractivity contribution in [1.82, 2.24) is 5.32 Å². The van der Waals surface area contributed by atoms with Gasteiger partial charge >= 0.3 is 6.09 Å². The van der Waals surface area contributed by atoms with Gasteiger partial charge in [0.2, 0.25) is 0 Å². The number of amides is 1. The first kappa shape index (κ1) is 14.6. The number of hydrogen-bond acceptors (Lipinski definition) is 2. The molecule has 0 saturated carbocycles. The minimum absolute atomic E-state index is 0.124. The average Bonchev–Trinajstić information content (AvgIpc) is 2.31. The molecule has 0 heterocycles. The first-order valence-electron chi connectivity index (χ1n) is 6.42. The number of nitrogens with one attached hydrogen (secondary N) is 1. The highest BCUT2D eigenvalue weighted by Gasteiger charge is 2.15. The molecule has 1 unspecified atom stereocenters. The Morgan fingerprint density at radius 3 is 2.56 bits per heavy atom. The third-order valence-electron chi connectivity index (χ3n) is 2.99. The molecule has 1 aromatic rings. The number of carbonyl (C=O) groups is 1. The van der Waals surface area contributed by atoms with E-state index in [9.17, 15) is 4.79 Å². The first-order valence-corrected chi connectivity index (χ1v) is 6.42. The second-order valence-electron chi connectivity index (χ2n) is 5.09. The van der Waals surface area contributed by atoms with E-state index in [1.165, 1.54) is 18.2 Å². The van der Waals surface area contributed by atoms with Gasteiger partial charge in [-0.3, -0.25) is 0 Å². The molecule has 0 radical (unpaired) electrons. The Labute approximate surface area is 110 Å². The summed E-state index contributed by atoms with van der Waals surface area (Å²) in [6, 6.07) is 8.40. The van der Waals surface area contributed by atoms with Gasteiger partial charge in [0.1, 0.15) is 0 Å². The molecule has 100 valence electrons. The summed E-state index contributed by atoms with van der Waals surface area (Å²) >= 11 is 0.